The Morgan fingerprint density at radius 1 is 1.42 bits per heavy atom. The largest absolute Gasteiger partial charge is 0.396 e. The molecule has 0 aliphatic heterocycles. The Labute approximate surface area is 107 Å². The van der Waals surface area contributed by atoms with E-state index in [0.717, 1.165) is 0 Å². The van der Waals surface area contributed by atoms with Crippen LogP contribution in [0.4, 0.5) is 14.6 Å². The SMILES string of the molecule is Nc1ncnc2c1ncn2[C@@H]1C[C@H](CO)C(F)(F)C1. The fraction of sp³-hybridized carbons (Fsp3) is 0.545. The van der Waals surface area contributed by atoms with E-state index in [1.165, 1.54) is 12.7 Å². The van der Waals surface area contributed by atoms with E-state index in [-0.39, 0.29) is 18.7 Å². The van der Waals surface area contributed by atoms with E-state index in [1.54, 1.807) is 4.57 Å². The van der Waals surface area contributed by atoms with Crippen molar-refractivity contribution in [1.29, 1.82) is 0 Å². The Hall–Kier alpha value is -1.83. The van der Waals surface area contributed by atoms with Crippen LogP contribution in [0, 0.1) is 5.92 Å². The fourth-order valence-corrected chi connectivity index (χ4v) is 2.62. The first-order chi connectivity index (χ1) is 9.03. The van der Waals surface area contributed by atoms with Gasteiger partial charge in [0.25, 0.3) is 5.92 Å². The molecule has 0 amide bonds. The molecular formula is C11H13F2N5O. The molecule has 6 nitrogen and oxygen atoms in total. The van der Waals surface area contributed by atoms with Crippen molar-refractivity contribution in [3.05, 3.63) is 12.7 Å². The number of alkyl halides is 2. The summed E-state index contributed by atoms with van der Waals surface area (Å²) in [7, 11) is 0. The van der Waals surface area contributed by atoms with E-state index in [4.69, 9.17) is 10.8 Å². The molecule has 0 radical (unpaired) electrons. The number of nitrogen functional groups attached to an aromatic ring is 1. The molecule has 1 aliphatic carbocycles. The minimum Gasteiger partial charge on any atom is -0.396 e. The number of nitrogens with zero attached hydrogens (tertiary/aromatic N) is 4. The van der Waals surface area contributed by atoms with E-state index in [2.05, 4.69) is 15.0 Å². The molecule has 3 rings (SSSR count). The Morgan fingerprint density at radius 3 is 2.89 bits per heavy atom. The van der Waals surface area contributed by atoms with Crippen molar-refractivity contribution in [2.75, 3.05) is 12.3 Å². The lowest BCUT2D eigenvalue weighted by Gasteiger charge is -2.14. The third-order valence-corrected chi connectivity index (χ3v) is 3.66. The van der Waals surface area contributed by atoms with Crippen LogP contribution in [-0.4, -0.2) is 37.2 Å². The Balaban J connectivity index is 2.00. The number of fused-ring (bicyclic) bond motifs is 1. The van der Waals surface area contributed by atoms with Gasteiger partial charge in [-0.1, -0.05) is 0 Å². The van der Waals surface area contributed by atoms with Gasteiger partial charge in [-0.2, -0.15) is 0 Å². The second-order valence-corrected chi connectivity index (χ2v) is 4.82. The monoisotopic (exact) mass is 269 g/mol. The molecule has 102 valence electrons. The highest BCUT2D eigenvalue weighted by atomic mass is 19.3. The highest BCUT2D eigenvalue weighted by Crippen LogP contribution is 2.46. The second-order valence-electron chi connectivity index (χ2n) is 4.82. The number of rotatable bonds is 2. The second kappa shape index (κ2) is 4.09. The molecule has 0 saturated heterocycles. The van der Waals surface area contributed by atoms with E-state index >= 15 is 0 Å². The van der Waals surface area contributed by atoms with Crippen LogP contribution in [0.2, 0.25) is 0 Å². The van der Waals surface area contributed by atoms with Gasteiger partial charge in [0.15, 0.2) is 11.5 Å². The summed E-state index contributed by atoms with van der Waals surface area (Å²) in [6.45, 7) is -0.521. The summed E-state index contributed by atoms with van der Waals surface area (Å²) < 4.78 is 29.0. The van der Waals surface area contributed by atoms with Crippen LogP contribution in [0.3, 0.4) is 0 Å². The molecule has 8 heteroatoms. The zero-order valence-electron chi connectivity index (χ0n) is 10.0. The predicted molar refractivity (Wildman–Crippen MR) is 63.5 cm³/mol. The predicted octanol–water partition coefficient (Wildman–Crippen LogP) is 0.987. The summed E-state index contributed by atoms with van der Waals surface area (Å²) in [5, 5.41) is 9.02. The molecule has 0 spiro atoms. The van der Waals surface area contributed by atoms with Gasteiger partial charge in [0, 0.05) is 18.4 Å². The molecule has 0 bridgehead atoms. The number of hydrogen-bond acceptors (Lipinski definition) is 5. The zero-order valence-corrected chi connectivity index (χ0v) is 10.0. The van der Waals surface area contributed by atoms with Gasteiger partial charge in [-0.25, -0.2) is 23.7 Å². The molecule has 1 aliphatic rings. The molecule has 2 aromatic rings. The molecule has 2 atom stereocenters. The Kier molecular flexibility index (Phi) is 2.63. The smallest absolute Gasteiger partial charge is 0.255 e. The van der Waals surface area contributed by atoms with Gasteiger partial charge >= 0.3 is 0 Å². The highest BCUT2D eigenvalue weighted by molar-refractivity contribution is 5.81. The molecule has 2 aromatic heterocycles. The van der Waals surface area contributed by atoms with Crippen LogP contribution in [0.25, 0.3) is 11.2 Å². The number of hydrogen-bond donors (Lipinski definition) is 2. The Bertz CT molecular complexity index is 614. The summed E-state index contributed by atoms with van der Waals surface area (Å²) in [6, 6.07) is -0.438. The first-order valence-electron chi connectivity index (χ1n) is 5.94. The normalized spacial score (nSPS) is 26.1. The van der Waals surface area contributed by atoms with Crippen LogP contribution in [0.15, 0.2) is 12.7 Å². The van der Waals surface area contributed by atoms with E-state index < -0.39 is 24.5 Å². The van der Waals surface area contributed by atoms with Crippen molar-refractivity contribution < 1.29 is 13.9 Å². The quantitative estimate of drug-likeness (QED) is 0.848. The number of halogens is 2. The van der Waals surface area contributed by atoms with Gasteiger partial charge in [-0.05, 0) is 6.42 Å². The van der Waals surface area contributed by atoms with Crippen LogP contribution in [-0.2, 0) is 0 Å². The van der Waals surface area contributed by atoms with E-state index in [1.807, 2.05) is 0 Å². The van der Waals surface area contributed by atoms with Crippen molar-refractivity contribution >= 4 is 17.0 Å². The van der Waals surface area contributed by atoms with Gasteiger partial charge in [0.1, 0.15) is 11.8 Å². The fourth-order valence-electron chi connectivity index (χ4n) is 2.62. The van der Waals surface area contributed by atoms with Crippen LogP contribution in [0.1, 0.15) is 18.9 Å². The van der Waals surface area contributed by atoms with Crippen molar-refractivity contribution in [1.82, 2.24) is 19.5 Å². The molecular weight excluding hydrogens is 256 g/mol. The maximum Gasteiger partial charge on any atom is 0.255 e. The van der Waals surface area contributed by atoms with Gasteiger partial charge in [-0.15, -0.1) is 0 Å². The van der Waals surface area contributed by atoms with Crippen molar-refractivity contribution in [2.45, 2.75) is 24.8 Å². The van der Waals surface area contributed by atoms with Crippen molar-refractivity contribution in [2.24, 2.45) is 5.92 Å². The molecule has 19 heavy (non-hydrogen) atoms. The summed E-state index contributed by atoms with van der Waals surface area (Å²) in [5.41, 5.74) is 6.53. The molecule has 2 heterocycles. The van der Waals surface area contributed by atoms with Crippen molar-refractivity contribution in [3.63, 3.8) is 0 Å². The minimum absolute atomic E-state index is 0.193. The minimum atomic E-state index is -2.87. The third-order valence-electron chi connectivity index (χ3n) is 3.66. The number of aliphatic hydroxyl groups excluding tert-OH is 1. The van der Waals surface area contributed by atoms with Crippen LogP contribution in [0.5, 0.6) is 0 Å². The van der Waals surface area contributed by atoms with Gasteiger partial charge < -0.3 is 15.4 Å². The van der Waals surface area contributed by atoms with Gasteiger partial charge in [-0.3, -0.25) is 0 Å². The lowest BCUT2D eigenvalue weighted by molar-refractivity contribution is -0.0551. The zero-order chi connectivity index (χ0) is 13.6. The number of imidazole rings is 1. The summed E-state index contributed by atoms with van der Waals surface area (Å²) >= 11 is 0. The van der Waals surface area contributed by atoms with Gasteiger partial charge in [0.2, 0.25) is 0 Å². The first-order valence-corrected chi connectivity index (χ1v) is 5.94. The lowest BCUT2D eigenvalue weighted by atomic mass is 10.1. The van der Waals surface area contributed by atoms with Crippen LogP contribution >= 0.6 is 0 Å². The molecule has 3 N–H and O–H groups in total. The highest BCUT2D eigenvalue weighted by Gasteiger charge is 2.49. The Morgan fingerprint density at radius 2 is 2.21 bits per heavy atom. The summed E-state index contributed by atoms with van der Waals surface area (Å²) in [4.78, 5) is 11.9. The maximum atomic E-state index is 13.7. The first kappa shape index (κ1) is 12.2. The standard InChI is InChI=1S/C11H13F2N5O/c12-11(13)2-7(1-6(11)3-19)18-5-17-8-9(14)15-4-16-10(8)18/h4-7,19H,1-3H2,(H2,14,15,16)/t6-,7-/m1/s1. The van der Waals surface area contributed by atoms with E-state index in [9.17, 15) is 8.78 Å². The molecule has 1 fully saturated rings. The topological polar surface area (TPSA) is 89.9 Å². The lowest BCUT2D eigenvalue weighted by Crippen LogP contribution is -2.24. The van der Waals surface area contributed by atoms with Crippen LogP contribution < -0.4 is 5.73 Å². The molecule has 0 unspecified atom stereocenters. The third kappa shape index (κ3) is 1.83. The van der Waals surface area contributed by atoms with Crippen molar-refractivity contribution in [3.8, 4) is 0 Å². The maximum absolute atomic E-state index is 13.7. The van der Waals surface area contributed by atoms with E-state index in [0.29, 0.717) is 11.2 Å². The van der Waals surface area contributed by atoms with Gasteiger partial charge in [0.05, 0.1) is 12.9 Å². The summed E-state index contributed by atoms with van der Waals surface area (Å²) in [5.74, 6) is -3.66. The molecule has 0 aromatic carbocycles. The summed E-state index contributed by atoms with van der Waals surface area (Å²) in [6.07, 6.45) is 2.61. The molecule has 1 saturated carbocycles. The number of anilines is 1. The number of aliphatic hydroxyl groups is 1. The number of aromatic nitrogens is 4. The average Bonchev–Trinajstić information content (AvgIpc) is 2.90. The number of nitrogens with two attached hydrogens (primary N) is 1. The average molecular weight is 269 g/mol.